The van der Waals surface area contributed by atoms with Gasteiger partial charge < -0.3 is 14.4 Å². The molecule has 1 unspecified atom stereocenters. The van der Waals surface area contributed by atoms with Gasteiger partial charge in [0, 0.05) is 24.8 Å². The Labute approximate surface area is 174 Å². The predicted molar refractivity (Wildman–Crippen MR) is 109 cm³/mol. The molecule has 6 nitrogen and oxygen atoms in total. The number of nitrogens with zero attached hydrogens (tertiary/aromatic N) is 3. The fourth-order valence-corrected chi connectivity index (χ4v) is 3.43. The van der Waals surface area contributed by atoms with E-state index in [-0.39, 0.29) is 11.7 Å². The van der Waals surface area contributed by atoms with E-state index < -0.39 is 6.10 Å². The lowest BCUT2D eigenvalue weighted by molar-refractivity contribution is -0.0248. The molecule has 0 bridgehead atoms. The molecule has 2 heterocycles. The summed E-state index contributed by atoms with van der Waals surface area (Å²) in [7, 11) is 1.64. The van der Waals surface area contributed by atoms with Gasteiger partial charge in [-0.1, -0.05) is 24.3 Å². The zero-order valence-corrected chi connectivity index (χ0v) is 16.6. The summed E-state index contributed by atoms with van der Waals surface area (Å²) in [5.74, 6) is -0.386. The summed E-state index contributed by atoms with van der Waals surface area (Å²) >= 11 is 0. The van der Waals surface area contributed by atoms with Gasteiger partial charge in [-0.3, -0.25) is 9.78 Å². The highest BCUT2D eigenvalue weighted by Gasteiger charge is 2.27. The van der Waals surface area contributed by atoms with Gasteiger partial charge in [-0.05, 0) is 29.8 Å². The van der Waals surface area contributed by atoms with Crippen molar-refractivity contribution in [1.82, 2.24) is 14.9 Å². The van der Waals surface area contributed by atoms with Crippen molar-refractivity contribution in [2.45, 2.75) is 12.7 Å². The first-order chi connectivity index (χ1) is 14.6. The summed E-state index contributed by atoms with van der Waals surface area (Å²) < 4.78 is 24.5. The van der Waals surface area contributed by atoms with Crippen molar-refractivity contribution in [3.05, 3.63) is 83.6 Å². The summed E-state index contributed by atoms with van der Waals surface area (Å²) in [6.07, 6.45) is 2.82. The molecule has 1 aliphatic rings. The van der Waals surface area contributed by atoms with Crippen molar-refractivity contribution in [3.8, 4) is 11.3 Å². The van der Waals surface area contributed by atoms with Crippen molar-refractivity contribution < 1.29 is 18.7 Å². The van der Waals surface area contributed by atoms with Crippen LogP contribution in [0.2, 0.25) is 0 Å². The Morgan fingerprint density at radius 1 is 1.23 bits per heavy atom. The molecule has 154 valence electrons. The normalized spacial score (nSPS) is 16.5. The number of morpholine rings is 1. The van der Waals surface area contributed by atoms with Crippen LogP contribution in [0.1, 0.15) is 27.7 Å². The van der Waals surface area contributed by atoms with E-state index in [1.54, 1.807) is 36.5 Å². The van der Waals surface area contributed by atoms with Crippen LogP contribution in [0.5, 0.6) is 0 Å². The maximum absolute atomic E-state index is 13.6. The van der Waals surface area contributed by atoms with E-state index >= 15 is 0 Å². The molecule has 1 saturated heterocycles. The molecule has 0 radical (unpaired) electrons. The molecule has 3 aromatic rings. The number of methoxy groups -OCH3 is 1. The summed E-state index contributed by atoms with van der Waals surface area (Å²) in [5.41, 5.74) is 3.45. The van der Waals surface area contributed by atoms with Crippen molar-refractivity contribution in [2.24, 2.45) is 0 Å². The number of halogens is 1. The van der Waals surface area contributed by atoms with Gasteiger partial charge in [0.15, 0.2) is 0 Å². The molecule has 0 saturated carbocycles. The predicted octanol–water partition coefficient (Wildman–Crippen LogP) is 3.64. The Morgan fingerprint density at radius 2 is 2.07 bits per heavy atom. The third-order valence-corrected chi connectivity index (χ3v) is 4.97. The molecular weight excluding hydrogens is 385 g/mol. The smallest absolute Gasteiger partial charge is 0.254 e. The topological polar surface area (TPSA) is 64.5 Å². The molecule has 2 aromatic carbocycles. The van der Waals surface area contributed by atoms with E-state index in [0.717, 1.165) is 5.56 Å². The standard InChI is InChI=1S/C23H22FN3O3/c1-29-15-16-5-7-17(8-6-16)23(28)27-9-10-30-22(14-27)21-13-25-12-20(26-21)18-3-2-4-19(24)11-18/h2-8,11-13,22H,9-10,14-15H2,1H3. The zero-order valence-electron chi connectivity index (χ0n) is 16.6. The summed E-state index contributed by atoms with van der Waals surface area (Å²) in [6, 6.07) is 13.6. The number of ether oxygens (including phenoxy) is 2. The number of benzene rings is 2. The molecular formula is C23H22FN3O3. The highest BCUT2D eigenvalue weighted by Crippen LogP contribution is 2.24. The SMILES string of the molecule is COCc1ccc(C(=O)N2CCOC(c3cncc(-c4cccc(F)c4)n3)C2)cc1. The van der Waals surface area contributed by atoms with E-state index in [2.05, 4.69) is 9.97 Å². The third-order valence-electron chi connectivity index (χ3n) is 4.97. The average Bonchev–Trinajstić information content (AvgIpc) is 2.79. The number of aromatic nitrogens is 2. The van der Waals surface area contributed by atoms with E-state index in [1.165, 1.54) is 12.1 Å². The lowest BCUT2D eigenvalue weighted by atomic mass is 10.1. The van der Waals surface area contributed by atoms with Crippen molar-refractivity contribution in [1.29, 1.82) is 0 Å². The maximum atomic E-state index is 13.6. The first-order valence-electron chi connectivity index (χ1n) is 9.70. The van der Waals surface area contributed by atoms with Crippen LogP contribution in [-0.2, 0) is 16.1 Å². The van der Waals surface area contributed by atoms with Crippen molar-refractivity contribution in [3.63, 3.8) is 0 Å². The largest absolute Gasteiger partial charge is 0.380 e. The summed E-state index contributed by atoms with van der Waals surface area (Å²) in [4.78, 5) is 23.5. The molecule has 1 aliphatic heterocycles. The van der Waals surface area contributed by atoms with Crippen LogP contribution < -0.4 is 0 Å². The Bertz CT molecular complexity index is 1030. The van der Waals surface area contributed by atoms with Gasteiger partial charge in [0.1, 0.15) is 11.9 Å². The van der Waals surface area contributed by atoms with Crippen molar-refractivity contribution in [2.75, 3.05) is 26.8 Å². The summed E-state index contributed by atoms with van der Waals surface area (Å²) in [5, 5.41) is 0. The maximum Gasteiger partial charge on any atom is 0.254 e. The number of hydrogen-bond donors (Lipinski definition) is 0. The molecule has 1 amide bonds. The average molecular weight is 407 g/mol. The van der Waals surface area contributed by atoms with E-state index in [4.69, 9.17) is 9.47 Å². The Hall–Kier alpha value is -3.16. The fraction of sp³-hybridized carbons (Fsp3) is 0.261. The highest BCUT2D eigenvalue weighted by molar-refractivity contribution is 5.94. The van der Waals surface area contributed by atoms with Crippen molar-refractivity contribution >= 4 is 5.91 Å². The van der Waals surface area contributed by atoms with Gasteiger partial charge >= 0.3 is 0 Å². The van der Waals surface area contributed by atoms with E-state index in [0.29, 0.717) is 48.8 Å². The van der Waals surface area contributed by atoms with Crippen LogP contribution in [0.3, 0.4) is 0 Å². The van der Waals surface area contributed by atoms with E-state index in [9.17, 15) is 9.18 Å². The van der Waals surface area contributed by atoms with Gasteiger partial charge in [-0.15, -0.1) is 0 Å². The minimum Gasteiger partial charge on any atom is -0.380 e. The van der Waals surface area contributed by atoms with Gasteiger partial charge in [0.05, 0.1) is 43.5 Å². The molecule has 4 rings (SSSR count). The zero-order chi connectivity index (χ0) is 20.9. The molecule has 7 heteroatoms. The number of rotatable bonds is 5. The molecule has 1 fully saturated rings. The monoisotopic (exact) mass is 407 g/mol. The molecule has 0 N–H and O–H groups in total. The van der Waals surface area contributed by atoms with Crippen LogP contribution in [0.15, 0.2) is 60.9 Å². The van der Waals surface area contributed by atoms with Gasteiger partial charge in [-0.25, -0.2) is 9.37 Å². The molecule has 0 spiro atoms. The highest BCUT2D eigenvalue weighted by atomic mass is 19.1. The second-order valence-electron chi connectivity index (χ2n) is 7.08. The molecule has 1 aromatic heterocycles. The van der Waals surface area contributed by atoms with Gasteiger partial charge in [0.2, 0.25) is 0 Å². The van der Waals surface area contributed by atoms with Crippen LogP contribution in [0, 0.1) is 5.82 Å². The van der Waals surface area contributed by atoms with Crippen LogP contribution >= 0.6 is 0 Å². The minimum absolute atomic E-state index is 0.0542. The second kappa shape index (κ2) is 9.11. The quantitative estimate of drug-likeness (QED) is 0.646. The molecule has 1 atom stereocenters. The lowest BCUT2D eigenvalue weighted by Crippen LogP contribution is -2.42. The summed E-state index contributed by atoms with van der Waals surface area (Å²) in [6.45, 7) is 1.80. The van der Waals surface area contributed by atoms with E-state index in [1.807, 2.05) is 24.3 Å². The lowest BCUT2D eigenvalue weighted by Gasteiger charge is -2.32. The Kier molecular flexibility index (Phi) is 6.11. The van der Waals surface area contributed by atoms with Gasteiger partial charge in [0.25, 0.3) is 5.91 Å². The molecule has 0 aliphatic carbocycles. The van der Waals surface area contributed by atoms with Crippen LogP contribution in [0.4, 0.5) is 4.39 Å². The van der Waals surface area contributed by atoms with Crippen LogP contribution in [-0.4, -0.2) is 47.6 Å². The fourth-order valence-electron chi connectivity index (χ4n) is 3.43. The minimum atomic E-state index is -0.392. The number of amides is 1. The first-order valence-corrected chi connectivity index (χ1v) is 9.70. The number of carbonyl (C=O) groups excluding carboxylic acids is 1. The first kappa shape index (κ1) is 20.1. The molecule has 30 heavy (non-hydrogen) atoms. The van der Waals surface area contributed by atoms with Gasteiger partial charge in [-0.2, -0.15) is 0 Å². The third kappa shape index (κ3) is 4.53. The second-order valence-corrected chi connectivity index (χ2v) is 7.08. The Morgan fingerprint density at radius 3 is 2.83 bits per heavy atom. The van der Waals surface area contributed by atoms with Crippen LogP contribution in [0.25, 0.3) is 11.3 Å². The number of carbonyl (C=O) groups is 1. The number of hydrogen-bond acceptors (Lipinski definition) is 5. The Balaban J connectivity index is 1.50.